The number of aliphatic imine (C=N–C) groups is 1. The number of rotatable bonds is 8. The van der Waals surface area contributed by atoms with Crippen LogP contribution in [0.3, 0.4) is 0 Å². The van der Waals surface area contributed by atoms with Gasteiger partial charge in [0.05, 0.1) is 0 Å². The van der Waals surface area contributed by atoms with Crippen molar-refractivity contribution in [3.63, 3.8) is 0 Å². The zero-order chi connectivity index (χ0) is 18.9. The minimum Gasteiger partial charge on any atom is -0.361 e. The second-order valence-corrected chi connectivity index (χ2v) is 6.31. The van der Waals surface area contributed by atoms with Gasteiger partial charge < -0.3 is 20.9 Å². The number of nitrogens with one attached hydrogen (secondary N) is 4. The van der Waals surface area contributed by atoms with E-state index in [0.29, 0.717) is 25.5 Å². The normalized spacial score (nSPS) is 12.4. The maximum Gasteiger partial charge on any atom is 0.221 e. The molecule has 0 spiro atoms. The van der Waals surface area contributed by atoms with Crippen LogP contribution >= 0.6 is 24.0 Å². The number of halogens is 2. The lowest BCUT2D eigenvalue weighted by molar-refractivity contribution is -0.121. The van der Waals surface area contributed by atoms with Crippen molar-refractivity contribution in [1.82, 2.24) is 20.9 Å². The number of amides is 1. The number of hydrogen-bond donors (Lipinski definition) is 4. The van der Waals surface area contributed by atoms with Crippen molar-refractivity contribution < 1.29 is 9.18 Å². The zero-order valence-corrected chi connectivity index (χ0v) is 18.4. The van der Waals surface area contributed by atoms with E-state index in [1.807, 2.05) is 20.0 Å². The molecule has 1 atom stereocenters. The Morgan fingerprint density at radius 2 is 2.04 bits per heavy atom. The molecule has 1 aromatic heterocycles. The molecule has 0 saturated heterocycles. The van der Waals surface area contributed by atoms with Gasteiger partial charge in [0.25, 0.3) is 0 Å². The van der Waals surface area contributed by atoms with Crippen LogP contribution in [0.1, 0.15) is 32.3 Å². The van der Waals surface area contributed by atoms with E-state index in [2.05, 4.69) is 25.9 Å². The SMILES string of the molecule is CCC(C)NC(=O)CCNC(=NC)NCCc1c[nH]c2ccc(F)cc12.I. The number of H-pyrrole nitrogens is 1. The molecular formula is C19H29FIN5O. The molecule has 8 heteroatoms. The highest BCUT2D eigenvalue weighted by Gasteiger charge is 2.07. The fourth-order valence-corrected chi connectivity index (χ4v) is 2.64. The molecule has 150 valence electrons. The summed E-state index contributed by atoms with van der Waals surface area (Å²) >= 11 is 0. The van der Waals surface area contributed by atoms with Gasteiger partial charge in [-0.2, -0.15) is 0 Å². The Morgan fingerprint density at radius 3 is 2.74 bits per heavy atom. The summed E-state index contributed by atoms with van der Waals surface area (Å²) in [4.78, 5) is 19.1. The van der Waals surface area contributed by atoms with E-state index in [4.69, 9.17) is 0 Å². The lowest BCUT2D eigenvalue weighted by atomic mass is 10.1. The first kappa shape index (κ1) is 23.2. The molecule has 0 aliphatic carbocycles. The number of fused-ring (bicyclic) bond motifs is 1. The first-order chi connectivity index (χ1) is 12.5. The van der Waals surface area contributed by atoms with Gasteiger partial charge in [0.15, 0.2) is 5.96 Å². The third kappa shape index (κ3) is 7.36. The standard InChI is InChI=1S/C19H28FN5O.HI/c1-4-13(2)25-18(26)8-10-23-19(21-3)22-9-7-14-12-24-17-6-5-15(20)11-16(14)17;/h5-6,11-13,24H,4,7-10H2,1-3H3,(H,25,26)(H2,21,22,23);1H. The second-order valence-electron chi connectivity index (χ2n) is 6.31. The fraction of sp³-hybridized carbons (Fsp3) is 0.474. The van der Waals surface area contributed by atoms with Crippen molar-refractivity contribution >= 4 is 46.7 Å². The number of aromatic amines is 1. The molecule has 0 aliphatic rings. The van der Waals surface area contributed by atoms with E-state index in [0.717, 1.165) is 29.3 Å². The van der Waals surface area contributed by atoms with E-state index < -0.39 is 0 Å². The van der Waals surface area contributed by atoms with Gasteiger partial charge in [0.1, 0.15) is 5.82 Å². The Hall–Kier alpha value is -1.84. The van der Waals surface area contributed by atoms with Crippen molar-refractivity contribution in [3.05, 3.63) is 35.8 Å². The topological polar surface area (TPSA) is 81.3 Å². The Labute approximate surface area is 176 Å². The van der Waals surface area contributed by atoms with Crippen LogP contribution in [0.5, 0.6) is 0 Å². The van der Waals surface area contributed by atoms with Crippen molar-refractivity contribution in [3.8, 4) is 0 Å². The van der Waals surface area contributed by atoms with Crippen LogP contribution in [0, 0.1) is 5.82 Å². The largest absolute Gasteiger partial charge is 0.361 e. The van der Waals surface area contributed by atoms with Crippen molar-refractivity contribution in [2.75, 3.05) is 20.1 Å². The summed E-state index contributed by atoms with van der Waals surface area (Å²) in [7, 11) is 1.69. The summed E-state index contributed by atoms with van der Waals surface area (Å²) in [6.45, 7) is 5.20. The van der Waals surface area contributed by atoms with Crippen LogP contribution in [0.25, 0.3) is 10.9 Å². The Morgan fingerprint density at radius 1 is 1.30 bits per heavy atom. The number of guanidine groups is 1. The van der Waals surface area contributed by atoms with Crippen molar-refractivity contribution in [2.24, 2.45) is 4.99 Å². The van der Waals surface area contributed by atoms with Crippen LogP contribution in [-0.2, 0) is 11.2 Å². The van der Waals surface area contributed by atoms with Gasteiger partial charge in [0, 0.05) is 49.7 Å². The zero-order valence-electron chi connectivity index (χ0n) is 16.1. The van der Waals surface area contributed by atoms with Gasteiger partial charge in [-0.1, -0.05) is 6.92 Å². The first-order valence-electron chi connectivity index (χ1n) is 9.02. The average molecular weight is 489 g/mol. The molecule has 1 amide bonds. The van der Waals surface area contributed by atoms with Gasteiger partial charge in [-0.15, -0.1) is 24.0 Å². The first-order valence-corrected chi connectivity index (χ1v) is 9.02. The highest BCUT2D eigenvalue weighted by atomic mass is 127. The molecule has 0 bridgehead atoms. The van der Waals surface area contributed by atoms with Crippen LogP contribution in [0.4, 0.5) is 4.39 Å². The molecular weight excluding hydrogens is 460 g/mol. The van der Waals surface area contributed by atoms with Crippen LogP contribution in [0.15, 0.2) is 29.4 Å². The Balaban J connectivity index is 0.00000364. The third-order valence-electron chi connectivity index (χ3n) is 4.30. The van der Waals surface area contributed by atoms with Crippen LogP contribution in [-0.4, -0.2) is 43.0 Å². The number of benzene rings is 1. The number of hydrogen-bond acceptors (Lipinski definition) is 2. The van der Waals surface area contributed by atoms with E-state index >= 15 is 0 Å². The highest BCUT2D eigenvalue weighted by molar-refractivity contribution is 14.0. The van der Waals surface area contributed by atoms with Gasteiger partial charge in [0.2, 0.25) is 5.91 Å². The summed E-state index contributed by atoms with van der Waals surface area (Å²) in [6.07, 6.45) is 3.95. The summed E-state index contributed by atoms with van der Waals surface area (Å²) in [5.41, 5.74) is 1.98. The lowest BCUT2D eigenvalue weighted by Crippen LogP contribution is -2.41. The summed E-state index contributed by atoms with van der Waals surface area (Å²) < 4.78 is 13.4. The highest BCUT2D eigenvalue weighted by Crippen LogP contribution is 2.19. The smallest absolute Gasteiger partial charge is 0.221 e. The lowest BCUT2D eigenvalue weighted by Gasteiger charge is -2.13. The maximum atomic E-state index is 13.4. The molecule has 0 saturated carbocycles. The molecule has 0 aliphatic heterocycles. The van der Waals surface area contributed by atoms with Crippen molar-refractivity contribution in [2.45, 2.75) is 39.2 Å². The third-order valence-corrected chi connectivity index (χ3v) is 4.30. The monoisotopic (exact) mass is 489 g/mol. The van der Waals surface area contributed by atoms with E-state index in [9.17, 15) is 9.18 Å². The molecule has 27 heavy (non-hydrogen) atoms. The molecule has 2 rings (SSSR count). The molecule has 0 fully saturated rings. The summed E-state index contributed by atoms with van der Waals surface area (Å²) in [5.74, 6) is 0.440. The van der Waals surface area contributed by atoms with E-state index in [-0.39, 0.29) is 41.7 Å². The van der Waals surface area contributed by atoms with Gasteiger partial charge in [-0.05, 0) is 43.5 Å². The number of carbonyl (C=O) groups is 1. The van der Waals surface area contributed by atoms with Gasteiger partial charge >= 0.3 is 0 Å². The number of carbonyl (C=O) groups excluding carboxylic acids is 1. The van der Waals surface area contributed by atoms with E-state index in [1.165, 1.54) is 6.07 Å². The van der Waals surface area contributed by atoms with Crippen LogP contribution < -0.4 is 16.0 Å². The molecule has 1 unspecified atom stereocenters. The van der Waals surface area contributed by atoms with Gasteiger partial charge in [-0.3, -0.25) is 9.79 Å². The summed E-state index contributed by atoms with van der Waals surface area (Å²) in [6, 6.07) is 4.93. The molecule has 0 radical (unpaired) electrons. The predicted octanol–water partition coefficient (Wildman–Crippen LogP) is 2.94. The maximum absolute atomic E-state index is 13.4. The Bertz CT molecular complexity index is 762. The number of nitrogens with zero attached hydrogens (tertiary/aromatic N) is 1. The molecule has 4 N–H and O–H groups in total. The van der Waals surface area contributed by atoms with Crippen LogP contribution in [0.2, 0.25) is 0 Å². The minimum atomic E-state index is -0.237. The predicted molar refractivity (Wildman–Crippen MR) is 119 cm³/mol. The Kier molecular flexibility index (Phi) is 10.1. The molecule has 2 aromatic rings. The van der Waals surface area contributed by atoms with E-state index in [1.54, 1.807) is 19.2 Å². The average Bonchev–Trinajstić information content (AvgIpc) is 3.02. The summed E-state index contributed by atoms with van der Waals surface area (Å²) in [5, 5.41) is 10.2. The van der Waals surface area contributed by atoms with Gasteiger partial charge in [-0.25, -0.2) is 4.39 Å². The molecule has 1 heterocycles. The molecule has 6 nitrogen and oxygen atoms in total. The second kappa shape index (κ2) is 11.8. The fourth-order valence-electron chi connectivity index (χ4n) is 2.64. The minimum absolute atomic E-state index is 0. The van der Waals surface area contributed by atoms with Crippen molar-refractivity contribution in [1.29, 1.82) is 0 Å². The number of aromatic nitrogens is 1. The quantitative estimate of drug-likeness (QED) is 0.262. The molecule has 1 aromatic carbocycles.